The predicted octanol–water partition coefficient (Wildman–Crippen LogP) is 6.13. The summed E-state index contributed by atoms with van der Waals surface area (Å²) in [7, 11) is 0. The number of benzene rings is 2. The summed E-state index contributed by atoms with van der Waals surface area (Å²) in [4.78, 5) is 33.1. The van der Waals surface area contributed by atoms with Crippen molar-refractivity contribution in [3.8, 4) is 0 Å². The van der Waals surface area contributed by atoms with E-state index in [1.807, 2.05) is 47.4 Å². The molecule has 166 valence electrons. The van der Waals surface area contributed by atoms with Gasteiger partial charge in [0.05, 0.1) is 0 Å². The van der Waals surface area contributed by atoms with Crippen LogP contribution in [-0.2, 0) is 9.59 Å². The lowest BCUT2D eigenvalue weighted by Crippen LogP contribution is -2.41. The number of carbonyl (C=O) groups excluding carboxylic acids is 2. The van der Waals surface area contributed by atoms with Gasteiger partial charge in [-0.1, -0.05) is 56.3 Å². The van der Waals surface area contributed by atoms with Crippen molar-refractivity contribution in [1.82, 2.24) is 4.98 Å². The van der Waals surface area contributed by atoms with Crippen LogP contribution in [0.3, 0.4) is 0 Å². The summed E-state index contributed by atoms with van der Waals surface area (Å²) in [5.41, 5.74) is 5.84. The smallest absolute Gasteiger partial charge is 0.232 e. The molecule has 0 fully saturated rings. The highest BCUT2D eigenvalue weighted by molar-refractivity contribution is 6.07. The van der Waals surface area contributed by atoms with Crippen molar-refractivity contribution in [3.63, 3.8) is 0 Å². The van der Waals surface area contributed by atoms with Crippen molar-refractivity contribution >= 4 is 17.4 Å². The highest BCUT2D eigenvalue weighted by Crippen LogP contribution is 2.46. The summed E-state index contributed by atoms with van der Waals surface area (Å²) in [5.74, 6) is 0.447. The van der Waals surface area contributed by atoms with Gasteiger partial charge in [-0.2, -0.15) is 0 Å². The van der Waals surface area contributed by atoms with Crippen molar-refractivity contribution in [2.75, 3.05) is 4.90 Å². The maximum absolute atomic E-state index is 13.6. The zero-order valence-corrected chi connectivity index (χ0v) is 19.1. The molecule has 2 heterocycles. The van der Waals surface area contributed by atoms with Gasteiger partial charge in [0.2, 0.25) is 5.91 Å². The molecule has 1 aromatic heterocycles. The normalized spacial score (nSPS) is 20.9. The van der Waals surface area contributed by atoms with Crippen LogP contribution in [0.25, 0.3) is 0 Å². The number of hydrogen-bond acceptors (Lipinski definition) is 3. The molecule has 0 spiro atoms. The molecule has 1 amide bonds. The largest absolute Gasteiger partial charge is 0.294 e. The Morgan fingerprint density at radius 2 is 1.52 bits per heavy atom. The number of allylic oxidation sites excluding steroid dienone is 2. The van der Waals surface area contributed by atoms with Gasteiger partial charge >= 0.3 is 0 Å². The first kappa shape index (κ1) is 21.3. The van der Waals surface area contributed by atoms with E-state index in [4.69, 9.17) is 0 Å². The molecular formula is C29H28N2O2. The van der Waals surface area contributed by atoms with Gasteiger partial charge in [0.15, 0.2) is 5.78 Å². The van der Waals surface area contributed by atoms with Gasteiger partial charge in [0.1, 0.15) is 0 Å². The number of amides is 1. The summed E-state index contributed by atoms with van der Waals surface area (Å²) >= 11 is 0. The van der Waals surface area contributed by atoms with E-state index >= 15 is 0 Å². The lowest BCUT2D eigenvalue weighted by Gasteiger charge is -2.40. The highest BCUT2D eigenvalue weighted by atomic mass is 16.2. The summed E-state index contributed by atoms with van der Waals surface area (Å²) in [6, 6.07) is 22.2. The molecule has 2 aromatic carbocycles. The zero-order chi connectivity index (χ0) is 22.9. The van der Waals surface area contributed by atoms with Crippen molar-refractivity contribution < 1.29 is 9.59 Å². The molecule has 0 bridgehead atoms. The number of Topliss-reactive ketones (excluding diaryl/α,β-unsaturated/α-hetero) is 1. The van der Waals surface area contributed by atoms with Crippen LogP contribution in [0.1, 0.15) is 67.6 Å². The molecule has 0 saturated carbocycles. The van der Waals surface area contributed by atoms with E-state index in [2.05, 4.69) is 43.1 Å². The zero-order valence-electron chi connectivity index (χ0n) is 19.1. The standard InChI is InChI=1S/C29H28N2O2/c1-19(2)20-8-10-24(11-9-20)31-26-16-23(21-6-4-3-5-7-21)17-27(32)29(26)25(18-28(31)33)22-12-14-30-15-13-22/h3-15,19,23,25H,16-18H2,1-2H3. The summed E-state index contributed by atoms with van der Waals surface area (Å²) in [6.45, 7) is 4.32. The molecule has 3 aromatic rings. The average molecular weight is 437 g/mol. The maximum atomic E-state index is 13.6. The molecule has 4 heteroatoms. The molecule has 2 unspecified atom stereocenters. The number of anilines is 1. The topological polar surface area (TPSA) is 50.3 Å². The van der Waals surface area contributed by atoms with Crippen LogP contribution in [0.15, 0.2) is 90.4 Å². The number of pyridine rings is 1. The Morgan fingerprint density at radius 1 is 0.818 bits per heavy atom. The lowest BCUT2D eigenvalue weighted by atomic mass is 9.73. The van der Waals surface area contributed by atoms with Crippen LogP contribution in [-0.4, -0.2) is 16.7 Å². The van der Waals surface area contributed by atoms with Crippen molar-refractivity contribution in [3.05, 3.63) is 107 Å². The minimum atomic E-state index is -0.217. The Morgan fingerprint density at radius 3 is 2.18 bits per heavy atom. The third-order valence-corrected chi connectivity index (χ3v) is 6.93. The van der Waals surface area contributed by atoms with Crippen LogP contribution in [0.4, 0.5) is 5.69 Å². The van der Waals surface area contributed by atoms with Gasteiger partial charge in [-0.3, -0.25) is 19.5 Å². The summed E-state index contributed by atoms with van der Waals surface area (Å²) < 4.78 is 0. The van der Waals surface area contributed by atoms with Crippen LogP contribution < -0.4 is 4.90 Å². The second-order valence-corrected chi connectivity index (χ2v) is 9.31. The fourth-order valence-electron chi connectivity index (χ4n) is 5.19. The van der Waals surface area contributed by atoms with E-state index in [0.717, 1.165) is 28.1 Å². The molecule has 0 radical (unpaired) electrons. The Labute approximate surface area is 195 Å². The van der Waals surface area contributed by atoms with E-state index in [9.17, 15) is 9.59 Å². The molecule has 1 aliphatic heterocycles. The highest BCUT2D eigenvalue weighted by Gasteiger charge is 2.42. The molecule has 2 aliphatic rings. The van der Waals surface area contributed by atoms with Crippen LogP contribution in [0.2, 0.25) is 0 Å². The summed E-state index contributed by atoms with van der Waals surface area (Å²) in [5, 5.41) is 0. The monoisotopic (exact) mass is 436 g/mol. The molecule has 0 N–H and O–H groups in total. The lowest BCUT2D eigenvalue weighted by molar-refractivity contribution is -0.120. The van der Waals surface area contributed by atoms with Gasteiger partial charge in [-0.25, -0.2) is 0 Å². The number of ketones is 1. The average Bonchev–Trinajstić information content (AvgIpc) is 2.84. The number of nitrogens with zero attached hydrogens (tertiary/aromatic N) is 2. The van der Waals surface area contributed by atoms with Crippen molar-refractivity contribution in [2.45, 2.75) is 50.9 Å². The molecule has 1 aliphatic carbocycles. The Balaban J connectivity index is 1.63. The Kier molecular flexibility index (Phi) is 5.67. The van der Waals surface area contributed by atoms with E-state index in [0.29, 0.717) is 18.8 Å². The second kappa shape index (κ2) is 8.78. The van der Waals surface area contributed by atoms with Gasteiger partial charge in [0, 0.05) is 48.1 Å². The SMILES string of the molecule is CC(C)c1ccc(N2C(=O)CC(c3ccncc3)C3=C2CC(c2ccccc2)CC3=O)cc1. The van der Waals surface area contributed by atoms with Gasteiger partial charge in [-0.05, 0) is 59.2 Å². The maximum Gasteiger partial charge on any atom is 0.232 e. The van der Waals surface area contributed by atoms with Crippen molar-refractivity contribution in [2.24, 2.45) is 0 Å². The molecule has 4 nitrogen and oxygen atoms in total. The Hall–Kier alpha value is -3.53. The van der Waals surface area contributed by atoms with Crippen LogP contribution in [0.5, 0.6) is 0 Å². The summed E-state index contributed by atoms with van der Waals surface area (Å²) in [6.07, 6.45) is 4.90. The minimum Gasteiger partial charge on any atom is -0.294 e. The molecular weight excluding hydrogens is 408 g/mol. The van der Waals surface area contributed by atoms with Gasteiger partial charge < -0.3 is 0 Å². The number of aromatic nitrogens is 1. The predicted molar refractivity (Wildman–Crippen MR) is 130 cm³/mol. The number of rotatable bonds is 4. The van der Waals surface area contributed by atoms with E-state index in [-0.39, 0.29) is 29.9 Å². The first-order valence-electron chi connectivity index (χ1n) is 11.7. The van der Waals surface area contributed by atoms with Gasteiger partial charge in [-0.15, -0.1) is 0 Å². The van der Waals surface area contributed by atoms with Crippen LogP contribution in [0, 0.1) is 0 Å². The fourth-order valence-corrected chi connectivity index (χ4v) is 5.19. The Bertz CT molecular complexity index is 1200. The molecule has 33 heavy (non-hydrogen) atoms. The van der Waals surface area contributed by atoms with E-state index in [1.165, 1.54) is 5.56 Å². The third-order valence-electron chi connectivity index (χ3n) is 6.93. The fraction of sp³-hybridized carbons (Fsp3) is 0.276. The molecule has 2 atom stereocenters. The number of hydrogen-bond donors (Lipinski definition) is 0. The van der Waals surface area contributed by atoms with Crippen molar-refractivity contribution in [1.29, 1.82) is 0 Å². The van der Waals surface area contributed by atoms with E-state index < -0.39 is 0 Å². The van der Waals surface area contributed by atoms with E-state index in [1.54, 1.807) is 12.4 Å². The van der Waals surface area contributed by atoms with Crippen LogP contribution >= 0.6 is 0 Å². The first-order valence-corrected chi connectivity index (χ1v) is 11.7. The third kappa shape index (κ3) is 4.02. The number of carbonyl (C=O) groups is 2. The first-order chi connectivity index (χ1) is 16.0. The minimum absolute atomic E-state index is 0.0365. The van der Waals surface area contributed by atoms with Gasteiger partial charge in [0.25, 0.3) is 0 Å². The molecule has 0 saturated heterocycles. The second-order valence-electron chi connectivity index (χ2n) is 9.31. The molecule has 5 rings (SSSR count). The quantitative estimate of drug-likeness (QED) is 0.495.